The van der Waals surface area contributed by atoms with E-state index >= 15 is 0 Å². The molecule has 0 N–H and O–H groups in total. The fourth-order valence-corrected chi connectivity index (χ4v) is 1.76. The Morgan fingerprint density at radius 1 is 1.42 bits per heavy atom. The lowest BCUT2D eigenvalue weighted by atomic mass is 10.2. The maximum absolute atomic E-state index is 4.19. The summed E-state index contributed by atoms with van der Waals surface area (Å²) in [7, 11) is 1.96. The molecule has 0 spiro atoms. The number of hydrogen-bond donors (Lipinski definition) is 0. The lowest BCUT2D eigenvalue weighted by Gasteiger charge is -2.01. The molecule has 0 aliphatic rings. The third-order valence-electron chi connectivity index (χ3n) is 2.09. The Kier molecular flexibility index (Phi) is 1.68. The molecule has 1 heterocycles. The second kappa shape index (κ2) is 2.59. The molecule has 12 heavy (non-hydrogen) atoms. The Morgan fingerprint density at radius 3 is 2.92 bits per heavy atom. The lowest BCUT2D eigenvalue weighted by molar-refractivity contribution is 0.794. The highest BCUT2D eigenvalue weighted by Crippen LogP contribution is 2.24. The SMILES string of the molecule is Cc1c(Br)ccc2cnn(C)c12. The van der Waals surface area contributed by atoms with Gasteiger partial charge in [-0.1, -0.05) is 22.0 Å². The average Bonchev–Trinajstić information content (AvgIpc) is 2.41. The van der Waals surface area contributed by atoms with Gasteiger partial charge in [0.25, 0.3) is 0 Å². The van der Waals surface area contributed by atoms with Crippen LogP contribution < -0.4 is 0 Å². The zero-order valence-corrected chi connectivity index (χ0v) is 8.59. The Hall–Kier alpha value is -0.830. The minimum absolute atomic E-state index is 1.14. The maximum atomic E-state index is 4.19. The van der Waals surface area contributed by atoms with Crippen molar-refractivity contribution < 1.29 is 0 Å². The van der Waals surface area contributed by atoms with Crippen LogP contribution in [0.25, 0.3) is 10.9 Å². The molecule has 2 rings (SSSR count). The molecule has 1 aromatic carbocycles. The van der Waals surface area contributed by atoms with Crippen molar-refractivity contribution in [2.75, 3.05) is 0 Å². The summed E-state index contributed by atoms with van der Waals surface area (Å²) >= 11 is 3.49. The molecule has 0 atom stereocenters. The monoisotopic (exact) mass is 224 g/mol. The summed E-state index contributed by atoms with van der Waals surface area (Å²) < 4.78 is 3.04. The highest BCUT2D eigenvalue weighted by atomic mass is 79.9. The van der Waals surface area contributed by atoms with E-state index in [2.05, 4.69) is 40.1 Å². The van der Waals surface area contributed by atoms with E-state index in [1.165, 1.54) is 16.5 Å². The number of fused-ring (bicyclic) bond motifs is 1. The maximum Gasteiger partial charge on any atom is 0.0719 e. The number of rotatable bonds is 0. The van der Waals surface area contributed by atoms with Crippen LogP contribution in [0.5, 0.6) is 0 Å². The normalized spacial score (nSPS) is 10.9. The van der Waals surface area contributed by atoms with Crippen molar-refractivity contribution in [2.24, 2.45) is 7.05 Å². The Labute approximate surface area is 79.3 Å². The van der Waals surface area contributed by atoms with Gasteiger partial charge in [0.15, 0.2) is 0 Å². The van der Waals surface area contributed by atoms with Gasteiger partial charge in [-0.25, -0.2) is 0 Å². The smallest absolute Gasteiger partial charge is 0.0719 e. The van der Waals surface area contributed by atoms with E-state index in [1.807, 2.05) is 17.9 Å². The second-order valence-electron chi connectivity index (χ2n) is 2.88. The van der Waals surface area contributed by atoms with Crippen LogP contribution in [-0.2, 0) is 7.05 Å². The van der Waals surface area contributed by atoms with Crippen LogP contribution in [0.1, 0.15) is 5.56 Å². The molecule has 0 aliphatic heterocycles. The molecule has 0 saturated carbocycles. The van der Waals surface area contributed by atoms with Crippen molar-refractivity contribution in [3.05, 3.63) is 28.4 Å². The zero-order valence-electron chi connectivity index (χ0n) is 7.00. The van der Waals surface area contributed by atoms with E-state index in [-0.39, 0.29) is 0 Å². The Bertz CT molecular complexity index is 431. The molecule has 0 unspecified atom stereocenters. The van der Waals surface area contributed by atoms with Crippen molar-refractivity contribution in [3.63, 3.8) is 0 Å². The van der Waals surface area contributed by atoms with Gasteiger partial charge >= 0.3 is 0 Å². The summed E-state index contributed by atoms with van der Waals surface area (Å²) in [6, 6.07) is 4.12. The van der Waals surface area contributed by atoms with Crippen molar-refractivity contribution in [1.82, 2.24) is 9.78 Å². The van der Waals surface area contributed by atoms with E-state index in [0.29, 0.717) is 0 Å². The van der Waals surface area contributed by atoms with Crippen molar-refractivity contribution in [1.29, 1.82) is 0 Å². The standard InChI is InChI=1S/C9H9BrN2/c1-6-8(10)4-3-7-5-11-12(2)9(6)7/h3-5H,1-2H3. The molecule has 0 fully saturated rings. The molecule has 1 aromatic heterocycles. The number of nitrogens with zero attached hydrogens (tertiary/aromatic N) is 2. The number of aryl methyl sites for hydroxylation is 2. The van der Waals surface area contributed by atoms with E-state index in [1.54, 1.807) is 0 Å². The third kappa shape index (κ3) is 0.966. The number of aromatic nitrogens is 2. The molecule has 0 radical (unpaired) electrons. The summed E-state index contributed by atoms with van der Waals surface area (Å²) in [5, 5.41) is 5.39. The van der Waals surface area contributed by atoms with Gasteiger partial charge in [0.05, 0.1) is 11.7 Å². The third-order valence-corrected chi connectivity index (χ3v) is 2.95. The predicted molar refractivity (Wildman–Crippen MR) is 53.2 cm³/mol. The quantitative estimate of drug-likeness (QED) is 0.673. The lowest BCUT2D eigenvalue weighted by Crippen LogP contribution is -1.91. The molecule has 3 heteroatoms. The van der Waals surface area contributed by atoms with Gasteiger partial charge in [-0.15, -0.1) is 0 Å². The summed E-state index contributed by atoms with van der Waals surface area (Å²) in [4.78, 5) is 0. The van der Waals surface area contributed by atoms with Crippen LogP contribution in [0, 0.1) is 6.92 Å². The van der Waals surface area contributed by atoms with Gasteiger partial charge in [-0.2, -0.15) is 5.10 Å². The summed E-state index contributed by atoms with van der Waals surface area (Å²) in [5.74, 6) is 0. The molecular formula is C9H9BrN2. The molecular weight excluding hydrogens is 216 g/mol. The fourth-order valence-electron chi connectivity index (χ4n) is 1.44. The van der Waals surface area contributed by atoms with Gasteiger partial charge in [0.2, 0.25) is 0 Å². The second-order valence-corrected chi connectivity index (χ2v) is 3.73. The largest absolute Gasteiger partial charge is 0.268 e. The van der Waals surface area contributed by atoms with Crippen LogP contribution in [0.4, 0.5) is 0 Å². The number of hydrogen-bond acceptors (Lipinski definition) is 1. The predicted octanol–water partition coefficient (Wildman–Crippen LogP) is 2.64. The summed E-state index contributed by atoms with van der Waals surface area (Å²) in [5.41, 5.74) is 2.44. The first-order valence-electron chi connectivity index (χ1n) is 3.77. The van der Waals surface area contributed by atoms with E-state index in [9.17, 15) is 0 Å². The molecule has 0 amide bonds. The zero-order chi connectivity index (χ0) is 8.72. The van der Waals surface area contributed by atoms with Gasteiger partial charge in [0, 0.05) is 16.9 Å². The van der Waals surface area contributed by atoms with Crippen LogP contribution in [-0.4, -0.2) is 9.78 Å². The van der Waals surface area contributed by atoms with Crippen LogP contribution in [0.15, 0.2) is 22.8 Å². The molecule has 2 aromatic rings. The molecule has 0 saturated heterocycles. The van der Waals surface area contributed by atoms with E-state index in [4.69, 9.17) is 0 Å². The molecule has 0 aliphatic carbocycles. The topological polar surface area (TPSA) is 17.8 Å². The molecule has 2 nitrogen and oxygen atoms in total. The molecule has 62 valence electrons. The van der Waals surface area contributed by atoms with Gasteiger partial charge in [-0.05, 0) is 18.6 Å². The first-order valence-corrected chi connectivity index (χ1v) is 4.56. The first-order chi connectivity index (χ1) is 5.70. The van der Waals surface area contributed by atoms with Crippen LogP contribution in [0.3, 0.4) is 0 Å². The Morgan fingerprint density at radius 2 is 2.17 bits per heavy atom. The first kappa shape index (κ1) is 7.80. The van der Waals surface area contributed by atoms with Gasteiger partial charge < -0.3 is 0 Å². The fraction of sp³-hybridized carbons (Fsp3) is 0.222. The highest BCUT2D eigenvalue weighted by molar-refractivity contribution is 9.10. The van der Waals surface area contributed by atoms with E-state index in [0.717, 1.165) is 4.47 Å². The minimum Gasteiger partial charge on any atom is -0.268 e. The van der Waals surface area contributed by atoms with Crippen molar-refractivity contribution in [3.8, 4) is 0 Å². The minimum atomic E-state index is 1.14. The van der Waals surface area contributed by atoms with Gasteiger partial charge in [0.1, 0.15) is 0 Å². The van der Waals surface area contributed by atoms with Gasteiger partial charge in [-0.3, -0.25) is 4.68 Å². The number of halogens is 1. The van der Waals surface area contributed by atoms with Crippen LogP contribution in [0.2, 0.25) is 0 Å². The van der Waals surface area contributed by atoms with Crippen LogP contribution >= 0.6 is 15.9 Å². The van der Waals surface area contributed by atoms with E-state index < -0.39 is 0 Å². The number of benzene rings is 1. The highest BCUT2D eigenvalue weighted by Gasteiger charge is 2.04. The molecule has 0 bridgehead atoms. The summed E-state index contributed by atoms with van der Waals surface area (Å²) in [6.07, 6.45) is 1.88. The van der Waals surface area contributed by atoms with Crippen molar-refractivity contribution in [2.45, 2.75) is 6.92 Å². The Balaban J connectivity index is 2.96. The summed E-state index contributed by atoms with van der Waals surface area (Å²) in [6.45, 7) is 2.09. The average molecular weight is 225 g/mol. The van der Waals surface area contributed by atoms with Crippen molar-refractivity contribution >= 4 is 26.8 Å².